The number of nitrogens with zero attached hydrogens (tertiary/aromatic N) is 1. The van der Waals surface area contributed by atoms with E-state index in [0.29, 0.717) is 24.6 Å². The van der Waals surface area contributed by atoms with E-state index in [9.17, 15) is 8.42 Å². The molecule has 1 aliphatic carbocycles. The molecule has 1 aromatic carbocycles. The van der Waals surface area contributed by atoms with Gasteiger partial charge in [0.25, 0.3) is 0 Å². The molecule has 0 bridgehead atoms. The quantitative estimate of drug-likeness (QED) is 0.839. The van der Waals surface area contributed by atoms with Gasteiger partial charge in [0.05, 0.1) is 11.5 Å². The van der Waals surface area contributed by atoms with Crippen molar-refractivity contribution < 1.29 is 13.2 Å². The number of hydrogen-bond acceptors (Lipinski definition) is 3. The maximum absolute atomic E-state index is 13.0. The van der Waals surface area contributed by atoms with E-state index in [1.807, 2.05) is 19.1 Å². The van der Waals surface area contributed by atoms with Crippen LogP contribution in [0.15, 0.2) is 52.0 Å². The Balaban J connectivity index is 1.93. The Morgan fingerprint density at radius 3 is 2.50 bits per heavy atom. The molecule has 4 nitrogen and oxygen atoms in total. The van der Waals surface area contributed by atoms with Crippen molar-refractivity contribution in [2.24, 2.45) is 5.41 Å². The Morgan fingerprint density at radius 1 is 1.21 bits per heavy atom. The fourth-order valence-corrected chi connectivity index (χ4v) is 5.25. The summed E-state index contributed by atoms with van der Waals surface area (Å²) in [7, 11) is -1.77. The van der Waals surface area contributed by atoms with E-state index in [-0.39, 0.29) is 5.41 Å². The highest BCUT2D eigenvalue weighted by atomic mass is 32.2. The van der Waals surface area contributed by atoms with Crippen molar-refractivity contribution in [3.63, 3.8) is 0 Å². The lowest BCUT2D eigenvalue weighted by molar-refractivity contribution is 0.225. The van der Waals surface area contributed by atoms with Crippen LogP contribution in [-0.4, -0.2) is 39.5 Å². The lowest BCUT2D eigenvalue weighted by atomic mass is 9.74. The standard InChI is InChI=1S/C19H25NO3S/c1-14-5-7-17(8-6-14)24(21,22)20-11-18-15(2)16(12-23-4)9-10-19(18,3)13-20/h5-9H,10-13H2,1-4H3. The minimum Gasteiger partial charge on any atom is -0.380 e. The van der Waals surface area contributed by atoms with Crippen molar-refractivity contribution >= 4 is 10.0 Å². The summed E-state index contributed by atoms with van der Waals surface area (Å²) < 4.78 is 32.9. The second kappa shape index (κ2) is 6.14. The van der Waals surface area contributed by atoms with Gasteiger partial charge in [-0.15, -0.1) is 0 Å². The average molecular weight is 347 g/mol. The first-order valence-electron chi connectivity index (χ1n) is 8.23. The van der Waals surface area contributed by atoms with Crippen LogP contribution in [0.3, 0.4) is 0 Å². The van der Waals surface area contributed by atoms with Gasteiger partial charge < -0.3 is 4.74 Å². The smallest absolute Gasteiger partial charge is 0.243 e. The van der Waals surface area contributed by atoms with Crippen molar-refractivity contribution in [3.05, 3.63) is 52.6 Å². The molecular weight excluding hydrogens is 322 g/mol. The molecule has 3 rings (SSSR count). The molecule has 0 radical (unpaired) electrons. The summed E-state index contributed by atoms with van der Waals surface area (Å²) in [4.78, 5) is 0.374. The monoisotopic (exact) mass is 347 g/mol. The molecule has 1 saturated heterocycles. The Labute approximate surface area is 144 Å². The SMILES string of the molecule is COCC1=CCC2(C)CN(S(=O)(=O)c3ccc(C)cc3)CC2=C1C. The first kappa shape index (κ1) is 17.4. The second-order valence-corrected chi connectivity index (χ2v) is 9.05. The number of ether oxygens (including phenoxy) is 1. The van der Waals surface area contributed by atoms with Gasteiger partial charge >= 0.3 is 0 Å². The number of sulfonamides is 1. The van der Waals surface area contributed by atoms with Gasteiger partial charge in [-0.25, -0.2) is 8.42 Å². The number of fused-ring (bicyclic) bond motifs is 1. The molecule has 0 N–H and O–H groups in total. The van der Waals surface area contributed by atoms with E-state index in [1.54, 1.807) is 23.5 Å². The highest BCUT2D eigenvalue weighted by Gasteiger charge is 2.45. The minimum atomic E-state index is -3.46. The van der Waals surface area contributed by atoms with Crippen molar-refractivity contribution in [3.8, 4) is 0 Å². The van der Waals surface area contributed by atoms with Crippen LogP contribution in [-0.2, 0) is 14.8 Å². The predicted octanol–water partition coefficient (Wildman–Crippen LogP) is 3.30. The van der Waals surface area contributed by atoms with Crippen LogP contribution >= 0.6 is 0 Å². The maximum atomic E-state index is 13.0. The summed E-state index contributed by atoms with van der Waals surface area (Å²) in [5, 5.41) is 0. The number of hydrogen-bond donors (Lipinski definition) is 0. The lowest BCUT2D eigenvalue weighted by Crippen LogP contribution is -2.31. The number of methoxy groups -OCH3 is 1. The summed E-state index contributed by atoms with van der Waals surface area (Å²) in [6, 6.07) is 7.09. The first-order chi connectivity index (χ1) is 11.3. The van der Waals surface area contributed by atoms with Crippen LogP contribution < -0.4 is 0 Å². The Kier molecular flexibility index (Phi) is 4.45. The zero-order valence-electron chi connectivity index (χ0n) is 14.8. The van der Waals surface area contributed by atoms with Gasteiger partial charge in [0.15, 0.2) is 0 Å². The summed E-state index contributed by atoms with van der Waals surface area (Å²) in [6.45, 7) is 7.79. The predicted molar refractivity (Wildman–Crippen MR) is 95.3 cm³/mol. The number of allylic oxidation sites excluding steroid dienone is 1. The van der Waals surface area contributed by atoms with Crippen LogP contribution in [0.5, 0.6) is 0 Å². The molecule has 1 heterocycles. The Bertz CT molecular complexity index is 806. The molecule has 1 atom stereocenters. The van der Waals surface area contributed by atoms with Gasteiger partial charge in [-0.3, -0.25) is 0 Å². The highest BCUT2D eigenvalue weighted by molar-refractivity contribution is 7.89. The Hall–Kier alpha value is -1.43. The van der Waals surface area contributed by atoms with Crippen LogP contribution in [0.2, 0.25) is 0 Å². The van der Waals surface area contributed by atoms with Gasteiger partial charge in [-0.05, 0) is 49.1 Å². The molecule has 0 saturated carbocycles. The van der Waals surface area contributed by atoms with Crippen molar-refractivity contribution in [2.45, 2.75) is 32.1 Å². The first-order valence-corrected chi connectivity index (χ1v) is 9.67. The van der Waals surface area contributed by atoms with Gasteiger partial charge in [-0.2, -0.15) is 4.31 Å². The fraction of sp³-hybridized carbons (Fsp3) is 0.474. The molecule has 2 aliphatic rings. The normalized spacial score (nSPS) is 24.9. The average Bonchev–Trinajstić information content (AvgIpc) is 2.90. The van der Waals surface area contributed by atoms with Crippen LogP contribution in [0.25, 0.3) is 0 Å². The molecule has 0 aromatic heterocycles. The molecular formula is C19H25NO3S. The second-order valence-electron chi connectivity index (χ2n) is 7.12. The zero-order chi connectivity index (χ0) is 17.5. The summed E-state index contributed by atoms with van der Waals surface area (Å²) >= 11 is 0. The minimum absolute atomic E-state index is 0.112. The molecule has 1 fully saturated rings. The van der Waals surface area contributed by atoms with E-state index in [0.717, 1.165) is 12.0 Å². The Morgan fingerprint density at radius 2 is 1.88 bits per heavy atom. The third-order valence-electron chi connectivity index (χ3n) is 5.28. The molecule has 1 unspecified atom stereocenters. The molecule has 1 aliphatic heterocycles. The lowest BCUT2D eigenvalue weighted by Gasteiger charge is -2.30. The van der Waals surface area contributed by atoms with Crippen molar-refractivity contribution in [2.75, 3.05) is 26.8 Å². The van der Waals surface area contributed by atoms with E-state index in [4.69, 9.17) is 4.74 Å². The van der Waals surface area contributed by atoms with Gasteiger partial charge in [0.1, 0.15) is 0 Å². The summed E-state index contributed by atoms with van der Waals surface area (Å²) in [5.41, 5.74) is 4.54. The molecule has 0 spiro atoms. The number of rotatable bonds is 4. The third-order valence-corrected chi connectivity index (χ3v) is 7.09. The largest absolute Gasteiger partial charge is 0.380 e. The summed E-state index contributed by atoms with van der Waals surface area (Å²) in [6.07, 6.45) is 3.06. The molecule has 1 aromatic rings. The van der Waals surface area contributed by atoms with Crippen LogP contribution in [0.4, 0.5) is 0 Å². The fourth-order valence-electron chi connectivity index (χ4n) is 3.71. The molecule has 5 heteroatoms. The number of aryl methyl sites for hydroxylation is 1. The third kappa shape index (κ3) is 2.85. The van der Waals surface area contributed by atoms with E-state index in [2.05, 4.69) is 19.9 Å². The highest BCUT2D eigenvalue weighted by Crippen LogP contribution is 2.46. The summed E-state index contributed by atoms with van der Waals surface area (Å²) in [5.74, 6) is 0. The molecule has 24 heavy (non-hydrogen) atoms. The van der Waals surface area contributed by atoms with Crippen LogP contribution in [0.1, 0.15) is 25.8 Å². The maximum Gasteiger partial charge on any atom is 0.243 e. The topological polar surface area (TPSA) is 46.6 Å². The van der Waals surface area contributed by atoms with Crippen molar-refractivity contribution in [1.82, 2.24) is 4.31 Å². The zero-order valence-corrected chi connectivity index (χ0v) is 15.6. The van der Waals surface area contributed by atoms with Crippen molar-refractivity contribution in [1.29, 1.82) is 0 Å². The molecule has 130 valence electrons. The van der Waals surface area contributed by atoms with Gasteiger partial charge in [0, 0.05) is 25.6 Å². The van der Waals surface area contributed by atoms with Gasteiger partial charge in [0.2, 0.25) is 10.0 Å². The van der Waals surface area contributed by atoms with E-state index < -0.39 is 10.0 Å². The van der Waals surface area contributed by atoms with Crippen LogP contribution in [0, 0.1) is 12.3 Å². The van der Waals surface area contributed by atoms with E-state index >= 15 is 0 Å². The molecule has 0 amide bonds. The van der Waals surface area contributed by atoms with E-state index in [1.165, 1.54) is 16.7 Å². The van der Waals surface area contributed by atoms with Gasteiger partial charge in [-0.1, -0.05) is 30.7 Å². The number of benzene rings is 1.